The van der Waals surface area contributed by atoms with Gasteiger partial charge in [0.15, 0.2) is 0 Å². The highest BCUT2D eigenvalue weighted by atomic mass is 32.2. The van der Waals surface area contributed by atoms with Crippen molar-refractivity contribution >= 4 is 44.9 Å². The molecule has 3 aromatic rings. The van der Waals surface area contributed by atoms with E-state index in [1.807, 2.05) is 0 Å². The van der Waals surface area contributed by atoms with Gasteiger partial charge in [0.2, 0.25) is 5.91 Å². The molecule has 0 saturated carbocycles. The number of carbonyl (C=O) groups excluding carboxylic acids is 1. The van der Waals surface area contributed by atoms with Crippen LogP contribution in [0.2, 0.25) is 0 Å². The zero-order chi connectivity index (χ0) is 18.7. The summed E-state index contributed by atoms with van der Waals surface area (Å²) in [6, 6.07) is 6.21. The van der Waals surface area contributed by atoms with Gasteiger partial charge in [-0.3, -0.25) is 4.79 Å². The molecule has 0 radical (unpaired) electrons. The van der Waals surface area contributed by atoms with Crippen LogP contribution in [0.5, 0.6) is 0 Å². The number of fused-ring (bicyclic) bond motifs is 1. The maximum absolute atomic E-state index is 12.6. The Morgan fingerprint density at radius 2 is 1.85 bits per heavy atom. The van der Waals surface area contributed by atoms with Gasteiger partial charge in [0, 0.05) is 16.0 Å². The lowest BCUT2D eigenvalue weighted by Crippen LogP contribution is -2.16. The SMILES string of the molecule is CCc1cccc(CC)c1NC(=O)CSc1ncnc2sc(C)c(C)c12. The third kappa shape index (κ3) is 3.76. The molecule has 0 aliphatic heterocycles. The fourth-order valence-electron chi connectivity index (χ4n) is 2.97. The van der Waals surface area contributed by atoms with Crippen LogP contribution in [0.25, 0.3) is 10.2 Å². The van der Waals surface area contributed by atoms with E-state index in [9.17, 15) is 4.79 Å². The minimum absolute atomic E-state index is 0.00182. The molecular weight excluding hydrogens is 362 g/mol. The van der Waals surface area contributed by atoms with Gasteiger partial charge < -0.3 is 5.32 Å². The minimum Gasteiger partial charge on any atom is -0.325 e. The molecule has 2 heterocycles. The summed E-state index contributed by atoms with van der Waals surface area (Å²) in [6.07, 6.45) is 3.38. The second kappa shape index (κ2) is 8.18. The number of aryl methyl sites for hydroxylation is 4. The van der Waals surface area contributed by atoms with Gasteiger partial charge in [-0.25, -0.2) is 9.97 Å². The van der Waals surface area contributed by atoms with Crippen LogP contribution in [0, 0.1) is 13.8 Å². The molecule has 136 valence electrons. The van der Waals surface area contributed by atoms with Gasteiger partial charge in [-0.1, -0.05) is 43.8 Å². The van der Waals surface area contributed by atoms with Gasteiger partial charge in [-0.15, -0.1) is 11.3 Å². The number of para-hydroxylation sites is 1. The third-order valence-electron chi connectivity index (χ3n) is 4.53. The number of carbonyl (C=O) groups is 1. The van der Waals surface area contributed by atoms with E-state index < -0.39 is 0 Å². The fraction of sp³-hybridized carbons (Fsp3) is 0.350. The highest BCUT2D eigenvalue weighted by molar-refractivity contribution is 8.00. The third-order valence-corrected chi connectivity index (χ3v) is 6.64. The van der Waals surface area contributed by atoms with Crippen LogP contribution in [0.3, 0.4) is 0 Å². The number of anilines is 1. The fourth-order valence-corrected chi connectivity index (χ4v) is 4.89. The molecule has 2 aromatic heterocycles. The van der Waals surface area contributed by atoms with Crippen LogP contribution in [-0.2, 0) is 17.6 Å². The molecule has 0 atom stereocenters. The molecule has 0 aliphatic rings. The van der Waals surface area contributed by atoms with Gasteiger partial charge in [0.05, 0.1) is 5.75 Å². The predicted molar refractivity (Wildman–Crippen MR) is 111 cm³/mol. The number of nitrogens with zero attached hydrogens (tertiary/aromatic N) is 2. The number of hydrogen-bond donors (Lipinski definition) is 1. The summed E-state index contributed by atoms with van der Waals surface area (Å²) in [5, 5.41) is 5.08. The maximum atomic E-state index is 12.6. The smallest absolute Gasteiger partial charge is 0.234 e. The van der Waals surface area contributed by atoms with E-state index >= 15 is 0 Å². The molecule has 0 fully saturated rings. The zero-order valence-corrected chi connectivity index (χ0v) is 17.2. The Kier molecular flexibility index (Phi) is 5.94. The number of hydrogen-bond acceptors (Lipinski definition) is 5. The van der Waals surface area contributed by atoms with Crippen molar-refractivity contribution < 1.29 is 4.79 Å². The molecule has 0 unspecified atom stereocenters. The first-order valence-corrected chi connectivity index (χ1v) is 10.6. The highest BCUT2D eigenvalue weighted by Gasteiger charge is 2.15. The number of benzene rings is 1. The minimum atomic E-state index is 0.00182. The predicted octanol–water partition coefficient (Wildman–Crippen LogP) is 5.16. The van der Waals surface area contributed by atoms with Gasteiger partial charge >= 0.3 is 0 Å². The first-order chi connectivity index (χ1) is 12.5. The Labute approximate surface area is 162 Å². The number of aromatic nitrogens is 2. The second-order valence-corrected chi connectivity index (χ2v) is 8.30. The van der Waals surface area contributed by atoms with Crippen molar-refractivity contribution in [3.63, 3.8) is 0 Å². The summed E-state index contributed by atoms with van der Waals surface area (Å²) < 4.78 is 0. The summed E-state index contributed by atoms with van der Waals surface area (Å²) in [6.45, 7) is 8.40. The molecule has 0 saturated heterocycles. The maximum Gasteiger partial charge on any atom is 0.234 e. The molecule has 1 N–H and O–H groups in total. The first kappa shape index (κ1) is 18.9. The topological polar surface area (TPSA) is 54.9 Å². The lowest BCUT2D eigenvalue weighted by atomic mass is 10.0. The quantitative estimate of drug-likeness (QED) is 0.470. The summed E-state index contributed by atoms with van der Waals surface area (Å²) in [5.74, 6) is 0.337. The van der Waals surface area contributed by atoms with E-state index in [0.717, 1.165) is 33.8 Å². The first-order valence-electron chi connectivity index (χ1n) is 8.79. The standard InChI is InChI=1S/C20H23N3OS2/c1-5-14-8-7-9-15(6-2)18(14)23-16(24)10-25-19-17-12(3)13(4)26-20(17)22-11-21-19/h7-9,11H,5-6,10H2,1-4H3,(H,23,24). The molecule has 6 heteroatoms. The van der Waals surface area contributed by atoms with Gasteiger partial charge in [0.1, 0.15) is 16.2 Å². The molecule has 26 heavy (non-hydrogen) atoms. The van der Waals surface area contributed by atoms with E-state index in [-0.39, 0.29) is 5.91 Å². The number of thiophene rings is 1. The van der Waals surface area contributed by atoms with Crippen molar-refractivity contribution in [2.45, 2.75) is 45.6 Å². The number of rotatable bonds is 6. The van der Waals surface area contributed by atoms with Gasteiger partial charge in [0.25, 0.3) is 0 Å². The van der Waals surface area contributed by atoms with Crippen molar-refractivity contribution in [2.24, 2.45) is 0 Å². The summed E-state index contributed by atoms with van der Waals surface area (Å²) in [7, 11) is 0. The van der Waals surface area contributed by atoms with Crippen molar-refractivity contribution in [1.82, 2.24) is 9.97 Å². The molecule has 0 spiro atoms. The van der Waals surface area contributed by atoms with Crippen molar-refractivity contribution in [2.75, 3.05) is 11.1 Å². The normalized spacial score (nSPS) is 11.1. The van der Waals surface area contributed by atoms with E-state index in [0.29, 0.717) is 5.75 Å². The van der Waals surface area contributed by atoms with Crippen LogP contribution >= 0.6 is 23.1 Å². The Bertz CT molecular complexity index is 927. The van der Waals surface area contributed by atoms with E-state index in [2.05, 4.69) is 61.2 Å². The lowest BCUT2D eigenvalue weighted by molar-refractivity contribution is -0.113. The van der Waals surface area contributed by atoms with Crippen LogP contribution in [-0.4, -0.2) is 21.6 Å². The van der Waals surface area contributed by atoms with Crippen molar-refractivity contribution in [3.8, 4) is 0 Å². The largest absolute Gasteiger partial charge is 0.325 e. The Hall–Kier alpha value is -1.92. The highest BCUT2D eigenvalue weighted by Crippen LogP contribution is 2.34. The van der Waals surface area contributed by atoms with Crippen molar-refractivity contribution in [3.05, 3.63) is 46.1 Å². The molecule has 4 nitrogen and oxygen atoms in total. The van der Waals surface area contributed by atoms with Crippen molar-refractivity contribution in [1.29, 1.82) is 0 Å². The van der Waals surface area contributed by atoms with Crippen LogP contribution in [0.4, 0.5) is 5.69 Å². The van der Waals surface area contributed by atoms with Crippen LogP contribution in [0.1, 0.15) is 35.4 Å². The summed E-state index contributed by atoms with van der Waals surface area (Å²) in [4.78, 5) is 23.6. The monoisotopic (exact) mass is 385 g/mol. The van der Waals surface area contributed by atoms with Crippen LogP contribution in [0.15, 0.2) is 29.6 Å². The molecule has 3 rings (SSSR count). The summed E-state index contributed by atoms with van der Waals surface area (Å²) in [5.41, 5.74) is 4.53. The van der Waals surface area contributed by atoms with E-state index in [1.165, 1.54) is 33.3 Å². The number of amides is 1. The zero-order valence-electron chi connectivity index (χ0n) is 15.5. The Morgan fingerprint density at radius 3 is 2.50 bits per heavy atom. The summed E-state index contributed by atoms with van der Waals surface area (Å²) >= 11 is 3.15. The van der Waals surface area contributed by atoms with E-state index in [4.69, 9.17) is 0 Å². The molecule has 1 aromatic carbocycles. The molecule has 1 amide bonds. The average Bonchev–Trinajstić information content (AvgIpc) is 2.94. The molecular formula is C20H23N3OS2. The Morgan fingerprint density at radius 1 is 1.15 bits per heavy atom. The van der Waals surface area contributed by atoms with Crippen LogP contribution < -0.4 is 5.32 Å². The molecule has 0 aliphatic carbocycles. The molecule has 0 bridgehead atoms. The van der Waals surface area contributed by atoms with E-state index in [1.54, 1.807) is 17.7 Å². The Balaban J connectivity index is 1.77. The lowest BCUT2D eigenvalue weighted by Gasteiger charge is -2.14. The average molecular weight is 386 g/mol. The van der Waals surface area contributed by atoms with Gasteiger partial charge in [-0.2, -0.15) is 0 Å². The second-order valence-electron chi connectivity index (χ2n) is 6.14. The number of thioether (sulfide) groups is 1. The number of nitrogens with one attached hydrogen (secondary N) is 1. The van der Waals surface area contributed by atoms with Gasteiger partial charge in [-0.05, 0) is 43.4 Å².